The van der Waals surface area contributed by atoms with E-state index < -0.39 is 0 Å². The molecule has 2 fully saturated rings. The van der Waals surface area contributed by atoms with Crippen LogP contribution >= 0.6 is 0 Å². The van der Waals surface area contributed by atoms with Gasteiger partial charge in [-0.3, -0.25) is 0 Å². The molecule has 2 aromatic rings. The molecule has 2 aromatic carbocycles. The van der Waals surface area contributed by atoms with Crippen LogP contribution in [0.4, 0.5) is 0 Å². The lowest BCUT2D eigenvalue weighted by Gasteiger charge is -2.34. The van der Waals surface area contributed by atoms with Crippen molar-refractivity contribution in [2.24, 2.45) is 5.92 Å². The number of piperidine rings is 1. The third-order valence-corrected chi connectivity index (χ3v) is 6.30. The van der Waals surface area contributed by atoms with E-state index in [-0.39, 0.29) is 0 Å². The van der Waals surface area contributed by atoms with Gasteiger partial charge in [0.05, 0.1) is 7.11 Å². The summed E-state index contributed by atoms with van der Waals surface area (Å²) in [6.45, 7) is 3.88. The van der Waals surface area contributed by atoms with Crippen molar-refractivity contribution >= 4 is 0 Å². The Morgan fingerprint density at radius 1 is 0.846 bits per heavy atom. The fourth-order valence-corrected chi connectivity index (χ4v) is 4.78. The predicted molar refractivity (Wildman–Crippen MR) is 109 cm³/mol. The lowest BCUT2D eigenvalue weighted by atomic mass is 9.89. The number of rotatable bonds is 5. The van der Waals surface area contributed by atoms with Gasteiger partial charge in [0.25, 0.3) is 0 Å². The van der Waals surface area contributed by atoms with E-state index in [0.717, 1.165) is 11.7 Å². The first kappa shape index (κ1) is 17.6. The first-order chi connectivity index (χ1) is 12.8. The summed E-state index contributed by atoms with van der Waals surface area (Å²) in [6, 6.07) is 17.6. The number of hydrogen-bond acceptors (Lipinski definition) is 2. The van der Waals surface area contributed by atoms with Crippen molar-refractivity contribution in [3.8, 4) is 16.9 Å². The van der Waals surface area contributed by atoms with Crippen molar-refractivity contribution in [2.45, 2.75) is 44.4 Å². The Morgan fingerprint density at radius 2 is 1.50 bits per heavy atom. The molecule has 4 rings (SSSR count). The van der Waals surface area contributed by atoms with Crippen molar-refractivity contribution in [2.75, 3.05) is 26.7 Å². The lowest BCUT2D eigenvalue weighted by molar-refractivity contribution is 0.179. The Balaban J connectivity index is 1.40. The highest BCUT2D eigenvalue weighted by molar-refractivity contribution is 5.64. The van der Waals surface area contributed by atoms with Crippen molar-refractivity contribution in [1.82, 2.24) is 4.90 Å². The van der Waals surface area contributed by atoms with Crippen molar-refractivity contribution in [3.05, 3.63) is 54.1 Å². The minimum atomic E-state index is 0.704. The largest absolute Gasteiger partial charge is 0.497 e. The van der Waals surface area contributed by atoms with E-state index in [9.17, 15) is 0 Å². The van der Waals surface area contributed by atoms with Gasteiger partial charge in [-0.1, -0.05) is 49.2 Å². The maximum atomic E-state index is 5.26. The van der Waals surface area contributed by atoms with Crippen molar-refractivity contribution < 1.29 is 4.74 Å². The van der Waals surface area contributed by atoms with Gasteiger partial charge in [-0.2, -0.15) is 0 Å². The molecule has 1 heterocycles. The molecule has 1 saturated heterocycles. The van der Waals surface area contributed by atoms with E-state index in [1.54, 1.807) is 7.11 Å². The van der Waals surface area contributed by atoms with E-state index in [1.165, 1.54) is 74.8 Å². The molecule has 138 valence electrons. The van der Waals surface area contributed by atoms with Crippen LogP contribution in [-0.4, -0.2) is 31.6 Å². The van der Waals surface area contributed by atoms with Crippen LogP contribution in [0.3, 0.4) is 0 Å². The number of ether oxygens (including phenoxy) is 1. The minimum absolute atomic E-state index is 0.704. The fourth-order valence-electron chi connectivity index (χ4n) is 4.78. The van der Waals surface area contributed by atoms with Gasteiger partial charge in [-0.05, 0) is 72.9 Å². The highest BCUT2D eigenvalue weighted by Crippen LogP contribution is 2.32. The van der Waals surface area contributed by atoms with Crippen LogP contribution < -0.4 is 4.74 Å². The molecule has 0 bridgehead atoms. The first-order valence-electron chi connectivity index (χ1n) is 10.3. The topological polar surface area (TPSA) is 12.5 Å². The zero-order valence-corrected chi connectivity index (χ0v) is 16.0. The number of benzene rings is 2. The van der Waals surface area contributed by atoms with Crippen LogP contribution in [0, 0.1) is 5.92 Å². The zero-order valence-electron chi connectivity index (χ0n) is 16.0. The Hall–Kier alpha value is -1.80. The van der Waals surface area contributed by atoms with E-state index in [2.05, 4.69) is 41.3 Å². The molecule has 0 amide bonds. The molecule has 0 aromatic heterocycles. The van der Waals surface area contributed by atoms with E-state index in [4.69, 9.17) is 4.74 Å². The third kappa shape index (κ3) is 4.12. The molecule has 26 heavy (non-hydrogen) atoms. The molecule has 1 aliphatic carbocycles. The number of likely N-dealkylation sites (tertiary alicyclic amines) is 1. The predicted octanol–water partition coefficient (Wildman–Crippen LogP) is 5.73. The molecular formula is C24H31NO. The Morgan fingerprint density at radius 3 is 2.15 bits per heavy atom. The molecule has 1 unspecified atom stereocenters. The monoisotopic (exact) mass is 349 g/mol. The van der Waals surface area contributed by atoms with Gasteiger partial charge >= 0.3 is 0 Å². The first-order valence-corrected chi connectivity index (χ1v) is 10.3. The molecule has 0 spiro atoms. The highest BCUT2D eigenvalue weighted by Gasteiger charge is 2.24. The maximum absolute atomic E-state index is 5.26. The summed E-state index contributed by atoms with van der Waals surface area (Å²) in [4.78, 5) is 2.74. The normalized spacial score (nSPS) is 21.8. The van der Waals surface area contributed by atoms with Gasteiger partial charge in [-0.25, -0.2) is 0 Å². The average molecular weight is 350 g/mol. The van der Waals surface area contributed by atoms with Crippen LogP contribution in [0.25, 0.3) is 11.1 Å². The Kier molecular flexibility index (Phi) is 5.59. The molecule has 2 aliphatic rings. The Bertz CT molecular complexity index is 685. The number of methoxy groups -OCH3 is 1. The molecule has 2 heteroatoms. The third-order valence-electron chi connectivity index (χ3n) is 6.30. The second-order valence-electron chi connectivity index (χ2n) is 8.10. The SMILES string of the molecule is COc1ccc(-c2ccc(C3CCCN(CC4CCCC4)C3)cc2)cc1. The smallest absolute Gasteiger partial charge is 0.118 e. The summed E-state index contributed by atoms with van der Waals surface area (Å²) < 4.78 is 5.26. The van der Waals surface area contributed by atoms with Gasteiger partial charge in [0.15, 0.2) is 0 Å². The zero-order chi connectivity index (χ0) is 17.8. The maximum Gasteiger partial charge on any atom is 0.118 e. The van der Waals surface area contributed by atoms with E-state index in [0.29, 0.717) is 5.92 Å². The van der Waals surface area contributed by atoms with Crippen molar-refractivity contribution in [1.29, 1.82) is 0 Å². The standard InChI is InChI=1S/C24H31NO/c1-26-24-14-12-21(13-15-24)20-8-10-22(11-9-20)23-7-4-16-25(18-23)17-19-5-2-3-6-19/h8-15,19,23H,2-7,16-18H2,1H3. The highest BCUT2D eigenvalue weighted by atomic mass is 16.5. The lowest BCUT2D eigenvalue weighted by Crippen LogP contribution is -2.37. The van der Waals surface area contributed by atoms with Crippen LogP contribution in [0.2, 0.25) is 0 Å². The second kappa shape index (κ2) is 8.26. The van der Waals surface area contributed by atoms with Gasteiger partial charge in [0, 0.05) is 13.1 Å². The Labute approximate surface area is 158 Å². The van der Waals surface area contributed by atoms with Crippen LogP contribution in [0.5, 0.6) is 5.75 Å². The van der Waals surface area contributed by atoms with Gasteiger partial charge in [0.2, 0.25) is 0 Å². The molecule has 0 N–H and O–H groups in total. The quantitative estimate of drug-likeness (QED) is 0.683. The van der Waals surface area contributed by atoms with Crippen LogP contribution in [0.15, 0.2) is 48.5 Å². The van der Waals surface area contributed by atoms with Gasteiger partial charge in [0.1, 0.15) is 5.75 Å². The molecular weight excluding hydrogens is 318 g/mol. The van der Waals surface area contributed by atoms with Gasteiger partial charge < -0.3 is 9.64 Å². The van der Waals surface area contributed by atoms with Crippen molar-refractivity contribution in [3.63, 3.8) is 0 Å². The van der Waals surface area contributed by atoms with E-state index in [1.807, 2.05) is 12.1 Å². The summed E-state index contributed by atoms with van der Waals surface area (Å²) in [5, 5.41) is 0. The average Bonchev–Trinajstić information content (AvgIpc) is 3.21. The summed E-state index contributed by atoms with van der Waals surface area (Å²) in [6.07, 6.45) is 8.50. The van der Waals surface area contributed by atoms with E-state index >= 15 is 0 Å². The molecule has 2 nitrogen and oxygen atoms in total. The van der Waals surface area contributed by atoms with Crippen LogP contribution in [0.1, 0.15) is 50.0 Å². The second-order valence-corrected chi connectivity index (χ2v) is 8.10. The molecule has 1 aliphatic heterocycles. The molecule has 0 radical (unpaired) electrons. The molecule has 1 saturated carbocycles. The fraction of sp³-hybridized carbons (Fsp3) is 0.500. The minimum Gasteiger partial charge on any atom is -0.497 e. The van der Waals surface area contributed by atoms with Crippen LogP contribution in [-0.2, 0) is 0 Å². The summed E-state index contributed by atoms with van der Waals surface area (Å²) >= 11 is 0. The summed E-state index contributed by atoms with van der Waals surface area (Å²) in [7, 11) is 1.71. The molecule has 1 atom stereocenters. The summed E-state index contributed by atoms with van der Waals surface area (Å²) in [5.41, 5.74) is 4.05. The number of hydrogen-bond donors (Lipinski definition) is 0. The number of nitrogens with zero attached hydrogens (tertiary/aromatic N) is 1. The summed E-state index contributed by atoms with van der Waals surface area (Å²) in [5.74, 6) is 2.58. The van der Waals surface area contributed by atoms with Gasteiger partial charge in [-0.15, -0.1) is 0 Å².